The van der Waals surface area contributed by atoms with Gasteiger partial charge in [0.25, 0.3) is 0 Å². The number of amides is 1. The lowest BCUT2D eigenvalue weighted by atomic mass is 10.2. The number of nitrogens with one attached hydrogen (secondary N) is 1. The first-order valence-electron chi connectivity index (χ1n) is 7.03. The van der Waals surface area contributed by atoms with E-state index in [1.165, 1.54) is 3.57 Å². The van der Waals surface area contributed by atoms with Crippen LogP contribution in [0.1, 0.15) is 18.1 Å². The van der Waals surface area contributed by atoms with Crippen LogP contribution in [0.25, 0.3) is 0 Å². The van der Waals surface area contributed by atoms with Crippen molar-refractivity contribution in [2.45, 2.75) is 26.1 Å². The molecule has 1 atom stereocenters. The molecule has 22 heavy (non-hydrogen) atoms. The number of halogens is 1. The standard InChI is InChI=1S/C17H19IN2O2/c1-12(17(19)21)20-10-13-5-7-16(8-6-13)22-11-14-3-2-4-15(18)9-14/h2-9,12,20H,10-11H2,1H3,(H2,19,21)/t12-/m0/s1. The lowest BCUT2D eigenvalue weighted by Gasteiger charge is -2.11. The van der Waals surface area contributed by atoms with E-state index in [2.05, 4.69) is 40.0 Å². The van der Waals surface area contributed by atoms with Gasteiger partial charge in [-0.3, -0.25) is 4.79 Å². The van der Waals surface area contributed by atoms with Crippen LogP contribution in [0.2, 0.25) is 0 Å². The fourth-order valence-electron chi connectivity index (χ4n) is 1.87. The van der Waals surface area contributed by atoms with E-state index in [1.807, 2.05) is 36.4 Å². The second kappa shape index (κ2) is 8.14. The van der Waals surface area contributed by atoms with Gasteiger partial charge in [-0.15, -0.1) is 0 Å². The highest BCUT2D eigenvalue weighted by Crippen LogP contribution is 2.15. The van der Waals surface area contributed by atoms with Crippen molar-refractivity contribution in [3.05, 3.63) is 63.2 Å². The van der Waals surface area contributed by atoms with Gasteiger partial charge >= 0.3 is 0 Å². The third-order valence-corrected chi connectivity index (χ3v) is 3.93. The quantitative estimate of drug-likeness (QED) is 0.691. The average Bonchev–Trinajstić information content (AvgIpc) is 2.51. The summed E-state index contributed by atoms with van der Waals surface area (Å²) in [5.74, 6) is 0.475. The van der Waals surface area contributed by atoms with Crippen LogP contribution in [0, 0.1) is 3.57 Å². The molecule has 2 aromatic rings. The molecule has 0 aliphatic heterocycles. The summed E-state index contributed by atoms with van der Waals surface area (Å²) in [7, 11) is 0. The maximum Gasteiger partial charge on any atom is 0.234 e. The average molecular weight is 410 g/mol. The molecule has 0 aliphatic rings. The van der Waals surface area contributed by atoms with Crippen molar-refractivity contribution in [2.75, 3.05) is 0 Å². The SMILES string of the molecule is C[C@H](NCc1ccc(OCc2cccc(I)c2)cc1)C(N)=O. The van der Waals surface area contributed by atoms with E-state index in [0.717, 1.165) is 16.9 Å². The first kappa shape index (κ1) is 16.8. The second-order valence-electron chi connectivity index (χ2n) is 5.07. The molecule has 116 valence electrons. The molecule has 2 aromatic carbocycles. The molecule has 0 aliphatic carbocycles. The van der Waals surface area contributed by atoms with Gasteiger partial charge in [-0.25, -0.2) is 0 Å². The van der Waals surface area contributed by atoms with E-state index in [4.69, 9.17) is 10.5 Å². The fraction of sp³-hybridized carbons (Fsp3) is 0.235. The molecule has 0 radical (unpaired) electrons. The number of rotatable bonds is 7. The number of carbonyl (C=O) groups is 1. The van der Waals surface area contributed by atoms with Crippen molar-refractivity contribution in [1.82, 2.24) is 5.32 Å². The molecule has 0 fully saturated rings. The number of primary amides is 1. The van der Waals surface area contributed by atoms with Crippen LogP contribution in [0.3, 0.4) is 0 Å². The summed E-state index contributed by atoms with van der Waals surface area (Å²) < 4.78 is 6.97. The molecular weight excluding hydrogens is 391 g/mol. The summed E-state index contributed by atoms with van der Waals surface area (Å²) in [6.07, 6.45) is 0. The number of nitrogens with two attached hydrogens (primary N) is 1. The first-order chi connectivity index (χ1) is 10.5. The molecule has 0 spiro atoms. The van der Waals surface area contributed by atoms with Gasteiger partial charge in [0.1, 0.15) is 12.4 Å². The summed E-state index contributed by atoms with van der Waals surface area (Å²) in [6, 6.07) is 15.7. The molecule has 0 aromatic heterocycles. The Morgan fingerprint density at radius 2 is 1.95 bits per heavy atom. The van der Waals surface area contributed by atoms with Crippen molar-refractivity contribution in [2.24, 2.45) is 5.73 Å². The zero-order chi connectivity index (χ0) is 15.9. The van der Waals surface area contributed by atoms with E-state index in [0.29, 0.717) is 13.2 Å². The predicted octanol–water partition coefficient (Wildman–Crippen LogP) is 2.83. The number of carbonyl (C=O) groups excluding carboxylic acids is 1. The minimum absolute atomic E-state index is 0.337. The Morgan fingerprint density at radius 1 is 1.23 bits per heavy atom. The van der Waals surface area contributed by atoms with Crippen LogP contribution in [-0.2, 0) is 17.9 Å². The highest BCUT2D eigenvalue weighted by atomic mass is 127. The molecular formula is C17H19IN2O2. The Hall–Kier alpha value is -1.60. The minimum Gasteiger partial charge on any atom is -0.489 e. The maximum atomic E-state index is 11.0. The molecule has 0 saturated carbocycles. The van der Waals surface area contributed by atoms with Gasteiger partial charge in [-0.2, -0.15) is 0 Å². The number of hydrogen-bond donors (Lipinski definition) is 2. The van der Waals surface area contributed by atoms with Gasteiger partial charge in [0.05, 0.1) is 6.04 Å². The first-order valence-corrected chi connectivity index (χ1v) is 8.11. The minimum atomic E-state index is -0.350. The van der Waals surface area contributed by atoms with Crippen LogP contribution in [0.5, 0.6) is 5.75 Å². The van der Waals surface area contributed by atoms with Crippen molar-refractivity contribution in [3.8, 4) is 5.75 Å². The summed E-state index contributed by atoms with van der Waals surface area (Å²) >= 11 is 2.29. The van der Waals surface area contributed by atoms with E-state index < -0.39 is 0 Å². The molecule has 3 N–H and O–H groups in total. The van der Waals surface area contributed by atoms with Crippen LogP contribution in [-0.4, -0.2) is 11.9 Å². The fourth-order valence-corrected chi connectivity index (χ4v) is 2.48. The third kappa shape index (κ3) is 5.31. The zero-order valence-corrected chi connectivity index (χ0v) is 14.5. The molecule has 5 heteroatoms. The van der Waals surface area contributed by atoms with Crippen LogP contribution < -0.4 is 15.8 Å². The van der Waals surface area contributed by atoms with Crippen LogP contribution >= 0.6 is 22.6 Å². The highest BCUT2D eigenvalue weighted by Gasteiger charge is 2.07. The van der Waals surface area contributed by atoms with Crippen molar-refractivity contribution in [3.63, 3.8) is 0 Å². The smallest absolute Gasteiger partial charge is 0.234 e. The lowest BCUT2D eigenvalue weighted by Crippen LogP contribution is -2.38. The van der Waals surface area contributed by atoms with Gasteiger partial charge in [-0.1, -0.05) is 24.3 Å². The molecule has 0 bridgehead atoms. The highest BCUT2D eigenvalue weighted by molar-refractivity contribution is 14.1. The van der Waals surface area contributed by atoms with E-state index in [-0.39, 0.29) is 11.9 Å². The third-order valence-electron chi connectivity index (χ3n) is 3.26. The number of hydrogen-bond acceptors (Lipinski definition) is 3. The summed E-state index contributed by atoms with van der Waals surface area (Å²) in [5, 5.41) is 3.07. The van der Waals surface area contributed by atoms with Gasteiger partial charge in [0.2, 0.25) is 5.91 Å². The second-order valence-corrected chi connectivity index (χ2v) is 6.31. The Labute approximate surface area is 144 Å². The number of benzene rings is 2. The Kier molecular flexibility index (Phi) is 6.21. The molecule has 0 saturated heterocycles. The molecule has 4 nitrogen and oxygen atoms in total. The van der Waals surface area contributed by atoms with Gasteiger partial charge in [-0.05, 0) is 64.9 Å². The Morgan fingerprint density at radius 3 is 2.59 bits per heavy atom. The zero-order valence-electron chi connectivity index (χ0n) is 12.4. The Bertz CT molecular complexity index is 629. The normalized spacial score (nSPS) is 11.9. The predicted molar refractivity (Wildman–Crippen MR) is 95.4 cm³/mol. The van der Waals surface area contributed by atoms with Crippen molar-refractivity contribution < 1.29 is 9.53 Å². The maximum absolute atomic E-state index is 11.0. The molecule has 1 amide bonds. The number of ether oxygens (including phenoxy) is 1. The molecule has 0 heterocycles. The Balaban J connectivity index is 1.85. The van der Waals surface area contributed by atoms with Gasteiger partial charge in [0, 0.05) is 10.1 Å². The summed E-state index contributed by atoms with van der Waals surface area (Å²) in [6.45, 7) is 2.90. The van der Waals surface area contributed by atoms with Crippen molar-refractivity contribution >= 4 is 28.5 Å². The van der Waals surface area contributed by atoms with Crippen molar-refractivity contribution in [1.29, 1.82) is 0 Å². The van der Waals surface area contributed by atoms with E-state index in [1.54, 1.807) is 6.92 Å². The largest absolute Gasteiger partial charge is 0.489 e. The van der Waals surface area contributed by atoms with E-state index in [9.17, 15) is 4.79 Å². The molecule has 0 unspecified atom stereocenters. The lowest BCUT2D eigenvalue weighted by molar-refractivity contribution is -0.119. The summed E-state index contributed by atoms with van der Waals surface area (Å²) in [4.78, 5) is 11.0. The van der Waals surface area contributed by atoms with Crippen LogP contribution in [0.15, 0.2) is 48.5 Å². The van der Waals surface area contributed by atoms with Gasteiger partial charge in [0.15, 0.2) is 0 Å². The topological polar surface area (TPSA) is 64.3 Å². The van der Waals surface area contributed by atoms with Gasteiger partial charge < -0.3 is 15.8 Å². The van der Waals surface area contributed by atoms with Crippen LogP contribution in [0.4, 0.5) is 0 Å². The van der Waals surface area contributed by atoms with E-state index >= 15 is 0 Å². The summed E-state index contributed by atoms with van der Waals surface area (Å²) in [5.41, 5.74) is 7.43. The molecule has 2 rings (SSSR count). The monoisotopic (exact) mass is 410 g/mol.